The van der Waals surface area contributed by atoms with E-state index in [1.807, 2.05) is 18.2 Å². The zero-order valence-electron chi connectivity index (χ0n) is 13.1. The van der Waals surface area contributed by atoms with E-state index >= 15 is 0 Å². The Balaban J connectivity index is 1.58. The summed E-state index contributed by atoms with van der Waals surface area (Å²) < 4.78 is 0.869. The molecule has 1 heterocycles. The maximum absolute atomic E-state index is 12.5. The van der Waals surface area contributed by atoms with E-state index in [9.17, 15) is 14.4 Å². The van der Waals surface area contributed by atoms with Crippen LogP contribution in [-0.2, 0) is 14.4 Å². The SMILES string of the molecule is O=C(CS[C@@H]1CC(=O)N(c2ccccc2)C1=O)Nc1cccc(Br)c1. The number of imide groups is 1. The average molecular weight is 419 g/mol. The second-order valence-electron chi connectivity index (χ2n) is 5.47. The molecular formula is C18H15BrN2O3S. The summed E-state index contributed by atoms with van der Waals surface area (Å²) in [4.78, 5) is 37.9. The summed E-state index contributed by atoms with van der Waals surface area (Å²) in [5.41, 5.74) is 1.25. The monoisotopic (exact) mass is 418 g/mol. The lowest BCUT2D eigenvalue weighted by Gasteiger charge is -2.14. The molecule has 1 N–H and O–H groups in total. The van der Waals surface area contributed by atoms with E-state index in [2.05, 4.69) is 21.2 Å². The Bertz CT molecular complexity index is 813. The number of nitrogens with one attached hydrogen (secondary N) is 1. The molecule has 0 bridgehead atoms. The van der Waals surface area contributed by atoms with Gasteiger partial charge in [0.2, 0.25) is 17.7 Å². The first-order chi connectivity index (χ1) is 12.0. The van der Waals surface area contributed by atoms with Crippen LogP contribution in [0.4, 0.5) is 11.4 Å². The molecule has 128 valence electrons. The number of carbonyl (C=O) groups is 3. The molecule has 1 saturated heterocycles. The van der Waals surface area contributed by atoms with E-state index < -0.39 is 5.25 Å². The molecule has 2 aromatic rings. The minimum Gasteiger partial charge on any atom is -0.325 e. The topological polar surface area (TPSA) is 66.5 Å². The summed E-state index contributed by atoms with van der Waals surface area (Å²) in [6, 6.07) is 16.1. The zero-order chi connectivity index (χ0) is 17.8. The van der Waals surface area contributed by atoms with E-state index in [1.54, 1.807) is 36.4 Å². The van der Waals surface area contributed by atoms with Gasteiger partial charge in [0.05, 0.1) is 16.7 Å². The van der Waals surface area contributed by atoms with Gasteiger partial charge in [-0.2, -0.15) is 0 Å². The third-order valence-electron chi connectivity index (χ3n) is 3.64. The number of nitrogens with zero attached hydrogens (tertiary/aromatic N) is 1. The molecule has 0 unspecified atom stereocenters. The fourth-order valence-corrected chi connectivity index (χ4v) is 3.85. The largest absolute Gasteiger partial charge is 0.325 e. The lowest BCUT2D eigenvalue weighted by molar-refractivity contribution is -0.121. The Kier molecular flexibility index (Phi) is 5.55. The van der Waals surface area contributed by atoms with E-state index in [0.717, 1.165) is 4.47 Å². The Hall–Kier alpha value is -2.12. The van der Waals surface area contributed by atoms with E-state index in [4.69, 9.17) is 0 Å². The fraction of sp³-hybridized carbons (Fsp3) is 0.167. The van der Waals surface area contributed by atoms with Crippen molar-refractivity contribution < 1.29 is 14.4 Å². The van der Waals surface area contributed by atoms with Crippen LogP contribution in [0, 0.1) is 0 Å². The van der Waals surface area contributed by atoms with Gasteiger partial charge in [0, 0.05) is 16.6 Å². The van der Waals surface area contributed by atoms with E-state index in [0.29, 0.717) is 11.4 Å². The van der Waals surface area contributed by atoms with Gasteiger partial charge >= 0.3 is 0 Å². The van der Waals surface area contributed by atoms with Gasteiger partial charge in [0.1, 0.15) is 0 Å². The van der Waals surface area contributed by atoms with Crippen molar-refractivity contribution in [3.63, 3.8) is 0 Å². The molecule has 7 heteroatoms. The summed E-state index contributed by atoms with van der Waals surface area (Å²) >= 11 is 4.53. The first-order valence-corrected chi connectivity index (χ1v) is 9.47. The van der Waals surface area contributed by atoms with Crippen molar-refractivity contribution >= 4 is 56.8 Å². The van der Waals surface area contributed by atoms with Crippen LogP contribution in [0.1, 0.15) is 6.42 Å². The standard InChI is InChI=1S/C18H15BrN2O3S/c19-12-5-4-6-13(9-12)20-16(22)11-25-15-10-17(23)21(18(15)24)14-7-2-1-3-8-14/h1-9,15H,10-11H2,(H,20,22)/t15-/m1/s1. The molecule has 1 atom stereocenters. The van der Waals surface area contributed by atoms with E-state index in [1.165, 1.54) is 16.7 Å². The highest BCUT2D eigenvalue weighted by atomic mass is 79.9. The van der Waals surface area contributed by atoms with Crippen LogP contribution in [0.25, 0.3) is 0 Å². The van der Waals surface area contributed by atoms with Crippen molar-refractivity contribution in [1.82, 2.24) is 0 Å². The lowest BCUT2D eigenvalue weighted by Crippen LogP contribution is -2.31. The van der Waals surface area contributed by atoms with Crippen molar-refractivity contribution in [2.75, 3.05) is 16.0 Å². The fourth-order valence-electron chi connectivity index (χ4n) is 2.52. The van der Waals surface area contributed by atoms with Gasteiger partial charge in [-0.15, -0.1) is 11.8 Å². The predicted octanol–water partition coefficient (Wildman–Crippen LogP) is 3.45. The number of thioether (sulfide) groups is 1. The highest BCUT2D eigenvalue weighted by molar-refractivity contribution is 9.10. The third kappa shape index (κ3) is 4.29. The molecular weight excluding hydrogens is 404 g/mol. The summed E-state index contributed by atoms with van der Waals surface area (Å²) in [7, 11) is 0. The molecule has 25 heavy (non-hydrogen) atoms. The van der Waals surface area contributed by atoms with Crippen LogP contribution in [0.15, 0.2) is 59.1 Å². The first-order valence-electron chi connectivity index (χ1n) is 7.63. The van der Waals surface area contributed by atoms with Gasteiger partial charge in [-0.3, -0.25) is 14.4 Å². The van der Waals surface area contributed by atoms with Crippen LogP contribution in [-0.4, -0.2) is 28.7 Å². The lowest BCUT2D eigenvalue weighted by atomic mass is 10.3. The number of rotatable bonds is 5. The third-order valence-corrected chi connectivity index (χ3v) is 5.34. The Morgan fingerprint density at radius 3 is 2.64 bits per heavy atom. The minimum atomic E-state index is -0.527. The van der Waals surface area contributed by atoms with Gasteiger partial charge < -0.3 is 5.32 Å². The molecule has 3 amide bonds. The summed E-state index contributed by atoms with van der Waals surface area (Å²) in [5, 5.41) is 2.25. The molecule has 0 aromatic heterocycles. The number of para-hydroxylation sites is 1. The number of amides is 3. The summed E-state index contributed by atoms with van der Waals surface area (Å²) in [6.07, 6.45) is 0.114. The van der Waals surface area contributed by atoms with Crippen LogP contribution in [0.2, 0.25) is 0 Å². The molecule has 0 radical (unpaired) electrons. The maximum Gasteiger partial charge on any atom is 0.247 e. The molecule has 0 saturated carbocycles. The van der Waals surface area contributed by atoms with Crippen LogP contribution < -0.4 is 10.2 Å². The molecule has 1 fully saturated rings. The number of hydrogen-bond donors (Lipinski definition) is 1. The van der Waals surface area contributed by atoms with E-state index in [-0.39, 0.29) is 29.9 Å². The number of hydrogen-bond acceptors (Lipinski definition) is 4. The van der Waals surface area contributed by atoms with Crippen molar-refractivity contribution in [1.29, 1.82) is 0 Å². The Morgan fingerprint density at radius 2 is 1.92 bits per heavy atom. The second kappa shape index (κ2) is 7.84. The second-order valence-corrected chi connectivity index (χ2v) is 7.57. The van der Waals surface area contributed by atoms with Gasteiger partial charge in [0.15, 0.2) is 0 Å². The van der Waals surface area contributed by atoms with Crippen LogP contribution in [0.3, 0.4) is 0 Å². The van der Waals surface area contributed by atoms with Crippen molar-refractivity contribution in [3.05, 3.63) is 59.1 Å². The van der Waals surface area contributed by atoms with Crippen LogP contribution >= 0.6 is 27.7 Å². The Morgan fingerprint density at radius 1 is 1.16 bits per heavy atom. The average Bonchev–Trinajstić information content (AvgIpc) is 2.87. The number of carbonyl (C=O) groups excluding carboxylic acids is 3. The highest BCUT2D eigenvalue weighted by Gasteiger charge is 2.39. The molecule has 1 aliphatic rings. The molecule has 1 aliphatic heterocycles. The van der Waals surface area contributed by atoms with Gasteiger partial charge in [-0.1, -0.05) is 40.2 Å². The molecule has 2 aromatic carbocycles. The summed E-state index contributed by atoms with van der Waals surface area (Å²) in [5.74, 6) is -0.599. The molecule has 0 aliphatic carbocycles. The predicted molar refractivity (Wildman–Crippen MR) is 103 cm³/mol. The smallest absolute Gasteiger partial charge is 0.247 e. The quantitative estimate of drug-likeness (QED) is 0.754. The summed E-state index contributed by atoms with van der Waals surface area (Å²) in [6.45, 7) is 0. The van der Waals surface area contributed by atoms with Crippen molar-refractivity contribution in [2.24, 2.45) is 0 Å². The zero-order valence-corrected chi connectivity index (χ0v) is 15.5. The van der Waals surface area contributed by atoms with Gasteiger partial charge in [-0.05, 0) is 30.3 Å². The van der Waals surface area contributed by atoms with Gasteiger partial charge in [0.25, 0.3) is 0 Å². The van der Waals surface area contributed by atoms with Crippen molar-refractivity contribution in [3.8, 4) is 0 Å². The normalized spacial score (nSPS) is 17.0. The molecule has 5 nitrogen and oxygen atoms in total. The molecule has 0 spiro atoms. The Labute approximate surface area is 157 Å². The molecule has 3 rings (SSSR count). The minimum absolute atomic E-state index is 0.110. The highest BCUT2D eigenvalue weighted by Crippen LogP contribution is 2.29. The number of halogens is 1. The number of benzene rings is 2. The van der Waals surface area contributed by atoms with Crippen molar-refractivity contribution in [2.45, 2.75) is 11.7 Å². The number of anilines is 2. The maximum atomic E-state index is 12.5. The van der Waals surface area contributed by atoms with Gasteiger partial charge in [-0.25, -0.2) is 4.90 Å². The first kappa shape index (κ1) is 17.7. The van der Waals surface area contributed by atoms with Crippen LogP contribution in [0.5, 0.6) is 0 Å².